The van der Waals surface area contributed by atoms with Crippen molar-refractivity contribution in [2.24, 2.45) is 0 Å². The molecule has 1 saturated heterocycles. The molecule has 3 aromatic rings. The maximum atomic E-state index is 12.9. The van der Waals surface area contributed by atoms with E-state index < -0.39 is 55.7 Å². The summed E-state index contributed by atoms with van der Waals surface area (Å²) in [6.07, 6.45) is -7.53. The Morgan fingerprint density at radius 1 is 0.972 bits per heavy atom. The summed E-state index contributed by atoms with van der Waals surface area (Å²) in [5, 5.41) is 48.9. The van der Waals surface area contributed by atoms with Gasteiger partial charge in [0.15, 0.2) is 5.43 Å². The van der Waals surface area contributed by atoms with Gasteiger partial charge in [-0.05, 0) is 29.8 Å². The van der Waals surface area contributed by atoms with Gasteiger partial charge in [-0.1, -0.05) is 12.1 Å². The minimum atomic E-state index is -1.72. The first kappa shape index (κ1) is 25.1. The Morgan fingerprint density at radius 3 is 2.39 bits per heavy atom. The molecular formula is C24H22O12. The summed E-state index contributed by atoms with van der Waals surface area (Å²) >= 11 is 0. The molecule has 0 radical (unpaired) electrons. The van der Waals surface area contributed by atoms with Gasteiger partial charge in [0.2, 0.25) is 6.29 Å². The van der Waals surface area contributed by atoms with Gasteiger partial charge in [0.1, 0.15) is 60.8 Å². The van der Waals surface area contributed by atoms with Crippen molar-refractivity contribution in [2.45, 2.75) is 37.1 Å². The van der Waals surface area contributed by atoms with Gasteiger partial charge in [0.25, 0.3) is 0 Å². The molecule has 12 nitrogen and oxygen atoms in total. The van der Waals surface area contributed by atoms with E-state index in [0.717, 1.165) is 0 Å². The van der Waals surface area contributed by atoms with Crippen molar-refractivity contribution in [3.05, 3.63) is 59.0 Å². The highest BCUT2D eigenvalue weighted by Crippen LogP contribution is 2.28. The predicted octanol–water partition coefficient (Wildman–Crippen LogP) is 0.370. The number of aromatic hydroxyl groups is 1. The maximum absolute atomic E-state index is 12.9. The van der Waals surface area contributed by atoms with E-state index >= 15 is 0 Å². The van der Waals surface area contributed by atoms with Crippen LogP contribution in [0.3, 0.4) is 0 Å². The van der Waals surface area contributed by atoms with Crippen LogP contribution in [0.5, 0.6) is 11.5 Å². The molecule has 2 heterocycles. The van der Waals surface area contributed by atoms with Crippen molar-refractivity contribution >= 4 is 22.9 Å². The number of rotatable bonds is 7. The fourth-order valence-corrected chi connectivity index (χ4v) is 3.66. The molecule has 0 amide bonds. The number of carboxylic acid groups (broad SMARTS) is 1. The van der Waals surface area contributed by atoms with Gasteiger partial charge in [-0.3, -0.25) is 14.4 Å². The van der Waals surface area contributed by atoms with Crippen molar-refractivity contribution < 1.29 is 53.7 Å². The second-order valence-electron chi connectivity index (χ2n) is 8.07. The molecular weight excluding hydrogens is 480 g/mol. The van der Waals surface area contributed by atoms with Crippen LogP contribution in [0, 0.1) is 0 Å². The lowest BCUT2D eigenvalue weighted by atomic mass is 9.99. The Bertz CT molecular complexity index is 1310. The van der Waals surface area contributed by atoms with Crippen LogP contribution >= 0.6 is 0 Å². The standard InChI is InChI=1S/C24H22O12/c25-12-3-1-11(2-4-12)15-9-33-16-7-13(5-6-14(16)20(15)29)35-24-23(32)22(31)21(30)17(36-24)10-34-19(28)8-18(26)27/h1-7,9,17,21-25,30-32H,8,10H2,(H,26,27)/t17-,21-,22+,23-,24-/m0/s1. The average molecular weight is 502 g/mol. The lowest BCUT2D eigenvalue weighted by Gasteiger charge is -2.39. The van der Waals surface area contributed by atoms with E-state index in [9.17, 15) is 34.8 Å². The summed E-state index contributed by atoms with van der Waals surface area (Å²) in [4.78, 5) is 35.0. The first-order valence-electron chi connectivity index (χ1n) is 10.7. The number of phenols is 1. The van der Waals surface area contributed by atoms with Gasteiger partial charge in [0.05, 0.1) is 10.9 Å². The maximum Gasteiger partial charge on any atom is 0.317 e. The number of esters is 1. The van der Waals surface area contributed by atoms with Crippen molar-refractivity contribution in [1.82, 2.24) is 0 Å². The zero-order chi connectivity index (χ0) is 26.0. The Kier molecular flexibility index (Phi) is 7.22. The van der Waals surface area contributed by atoms with E-state index in [2.05, 4.69) is 0 Å². The number of aliphatic hydroxyl groups is 3. The van der Waals surface area contributed by atoms with E-state index in [1.54, 1.807) is 12.1 Å². The van der Waals surface area contributed by atoms with E-state index in [1.807, 2.05) is 0 Å². The Morgan fingerprint density at radius 2 is 1.69 bits per heavy atom. The van der Waals surface area contributed by atoms with Crippen LogP contribution in [0.4, 0.5) is 0 Å². The fraction of sp³-hybridized carbons (Fsp3) is 0.292. The lowest BCUT2D eigenvalue weighted by molar-refractivity contribution is -0.278. The largest absolute Gasteiger partial charge is 0.508 e. The van der Waals surface area contributed by atoms with Gasteiger partial charge in [-0.2, -0.15) is 0 Å². The molecule has 0 saturated carbocycles. The molecule has 1 fully saturated rings. The van der Waals surface area contributed by atoms with Crippen molar-refractivity contribution in [3.8, 4) is 22.6 Å². The van der Waals surface area contributed by atoms with Gasteiger partial charge < -0.3 is 44.2 Å². The number of carboxylic acids is 1. The highest BCUT2D eigenvalue weighted by Gasteiger charge is 2.45. The third-order valence-corrected chi connectivity index (χ3v) is 5.55. The van der Waals surface area contributed by atoms with Crippen LogP contribution in [-0.4, -0.2) is 74.8 Å². The summed E-state index contributed by atoms with van der Waals surface area (Å²) in [5.41, 5.74) is 0.652. The van der Waals surface area contributed by atoms with Gasteiger partial charge >= 0.3 is 11.9 Å². The average Bonchev–Trinajstić information content (AvgIpc) is 2.84. The topological polar surface area (TPSA) is 193 Å². The summed E-state index contributed by atoms with van der Waals surface area (Å²) in [6, 6.07) is 10.2. The number of carbonyl (C=O) groups excluding carboxylic acids is 1. The number of benzene rings is 2. The highest BCUT2D eigenvalue weighted by molar-refractivity contribution is 5.90. The Balaban J connectivity index is 1.51. The van der Waals surface area contributed by atoms with Crippen molar-refractivity contribution in [1.29, 1.82) is 0 Å². The van der Waals surface area contributed by atoms with Crippen LogP contribution in [0.1, 0.15) is 6.42 Å². The Hall–Kier alpha value is -3.97. The molecule has 2 aromatic carbocycles. The molecule has 36 heavy (non-hydrogen) atoms. The molecule has 1 aliphatic rings. The minimum Gasteiger partial charge on any atom is -0.508 e. The van der Waals surface area contributed by atoms with Gasteiger partial charge in [-0.25, -0.2) is 0 Å². The zero-order valence-electron chi connectivity index (χ0n) is 18.5. The van der Waals surface area contributed by atoms with Crippen LogP contribution in [0.2, 0.25) is 0 Å². The monoisotopic (exact) mass is 502 g/mol. The predicted molar refractivity (Wildman–Crippen MR) is 120 cm³/mol. The van der Waals surface area contributed by atoms with E-state index in [4.69, 9.17) is 23.7 Å². The number of ether oxygens (including phenoxy) is 3. The quantitative estimate of drug-likeness (QED) is 0.220. The molecule has 0 unspecified atom stereocenters. The number of aliphatic hydroxyl groups excluding tert-OH is 3. The Labute approximate surface area is 202 Å². The van der Waals surface area contributed by atoms with Crippen LogP contribution in [0.25, 0.3) is 22.1 Å². The molecule has 4 rings (SSSR count). The number of carbonyl (C=O) groups is 2. The van der Waals surface area contributed by atoms with E-state index in [1.165, 1.54) is 36.6 Å². The smallest absolute Gasteiger partial charge is 0.317 e. The summed E-state index contributed by atoms with van der Waals surface area (Å²) < 4.78 is 21.4. The van der Waals surface area contributed by atoms with Crippen molar-refractivity contribution in [2.75, 3.05) is 6.61 Å². The van der Waals surface area contributed by atoms with Crippen molar-refractivity contribution in [3.63, 3.8) is 0 Å². The third-order valence-electron chi connectivity index (χ3n) is 5.55. The second-order valence-corrected chi connectivity index (χ2v) is 8.07. The zero-order valence-corrected chi connectivity index (χ0v) is 18.5. The molecule has 0 spiro atoms. The number of phenolic OH excluding ortho intramolecular Hbond substituents is 1. The molecule has 12 heteroatoms. The van der Waals surface area contributed by atoms with Crippen LogP contribution in [0.15, 0.2) is 57.9 Å². The number of fused-ring (bicyclic) bond motifs is 1. The molecule has 0 aliphatic carbocycles. The van der Waals surface area contributed by atoms with Crippen LogP contribution < -0.4 is 10.2 Å². The van der Waals surface area contributed by atoms with Gasteiger partial charge in [0, 0.05) is 6.07 Å². The number of hydrogen-bond acceptors (Lipinski definition) is 11. The molecule has 5 atom stereocenters. The van der Waals surface area contributed by atoms with E-state index in [0.29, 0.717) is 5.56 Å². The SMILES string of the molecule is O=C(O)CC(=O)OC[C@@H]1O[C@H](Oc2ccc3c(=O)c(-c4ccc(O)cc4)coc3c2)[C@@H](O)[C@H](O)[C@H]1O. The van der Waals surface area contributed by atoms with Gasteiger partial charge in [-0.15, -0.1) is 0 Å². The molecule has 5 N–H and O–H groups in total. The third kappa shape index (κ3) is 5.31. The number of hydrogen-bond donors (Lipinski definition) is 5. The summed E-state index contributed by atoms with van der Waals surface area (Å²) in [7, 11) is 0. The molecule has 1 aromatic heterocycles. The first-order chi connectivity index (χ1) is 17.1. The molecule has 0 bridgehead atoms. The second kappa shape index (κ2) is 10.3. The molecule has 190 valence electrons. The molecule has 1 aliphatic heterocycles. The minimum absolute atomic E-state index is 0.0520. The number of aliphatic carboxylic acids is 1. The van der Waals surface area contributed by atoms with E-state index in [-0.39, 0.29) is 33.5 Å². The fourth-order valence-electron chi connectivity index (χ4n) is 3.66. The van der Waals surface area contributed by atoms with Crippen LogP contribution in [-0.2, 0) is 19.1 Å². The highest BCUT2D eigenvalue weighted by atomic mass is 16.7. The lowest BCUT2D eigenvalue weighted by Crippen LogP contribution is -2.60. The summed E-state index contributed by atoms with van der Waals surface area (Å²) in [5.74, 6) is -2.33. The normalized spacial score (nSPS) is 23.8. The summed E-state index contributed by atoms with van der Waals surface area (Å²) in [6.45, 7) is -0.594. The first-order valence-corrected chi connectivity index (χ1v) is 10.7.